The maximum absolute atomic E-state index is 2.38. The smallest absolute Gasteiger partial charge is 0.0208 e. The van der Waals surface area contributed by atoms with Crippen LogP contribution in [-0.2, 0) is 0 Å². The number of hydrogen-bond acceptors (Lipinski definition) is 0. The molecule has 0 amide bonds. The molecular weight excluding hydrogens is 295 g/mol. The van der Waals surface area contributed by atoms with Crippen LogP contribution in [0.1, 0.15) is 11.1 Å². The third kappa shape index (κ3) is 2.23. The first-order valence-electron chi connectivity index (χ1n) is 5.00. The monoisotopic (exact) mass is 308 g/mol. The normalized spacial score (nSPS) is 10.3. The predicted molar refractivity (Wildman–Crippen MR) is 74.1 cm³/mol. The first-order valence-corrected chi connectivity index (χ1v) is 6.08. The minimum atomic E-state index is 1.30. The van der Waals surface area contributed by atoms with Crippen molar-refractivity contribution in [1.82, 2.24) is 0 Å². The highest BCUT2D eigenvalue weighted by molar-refractivity contribution is 14.1. The Morgan fingerprint density at radius 1 is 0.867 bits per heavy atom. The van der Waals surface area contributed by atoms with Gasteiger partial charge in [0.25, 0.3) is 0 Å². The van der Waals surface area contributed by atoms with Gasteiger partial charge in [-0.3, -0.25) is 0 Å². The number of benzene rings is 2. The fourth-order valence-corrected chi connectivity index (χ4v) is 2.30. The molecule has 0 atom stereocenters. The predicted octanol–water partition coefficient (Wildman–Crippen LogP) is 4.58. The largest absolute Gasteiger partial charge is 0.0616 e. The van der Waals surface area contributed by atoms with Crippen LogP contribution >= 0.6 is 22.6 Å². The Hall–Kier alpha value is -0.830. The Bertz CT molecular complexity index is 486. The SMILES string of the molecule is Cc1ccc(-c2ccccc2I)cc1C. The second-order valence-corrected chi connectivity index (χ2v) is 4.94. The van der Waals surface area contributed by atoms with Gasteiger partial charge in [0, 0.05) is 3.57 Å². The minimum absolute atomic E-state index is 1.30. The maximum Gasteiger partial charge on any atom is 0.0208 e. The molecule has 1 heteroatoms. The lowest BCUT2D eigenvalue weighted by molar-refractivity contribution is 1.34. The zero-order chi connectivity index (χ0) is 10.8. The second-order valence-electron chi connectivity index (χ2n) is 3.78. The molecule has 76 valence electrons. The van der Waals surface area contributed by atoms with Gasteiger partial charge in [0.15, 0.2) is 0 Å². The molecule has 0 aliphatic heterocycles. The standard InChI is InChI=1S/C14H13I/c1-10-7-8-12(9-11(10)2)13-5-3-4-6-14(13)15/h3-9H,1-2H3. The van der Waals surface area contributed by atoms with Crippen LogP contribution in [0.25, 0.3) is 11.1 Å². The molecule has 0 aliphatic rings. The third-order valence-electron chi connectivity index (χ3n) is 2.69. The highest BCUT2D eigenvalue weighted by Gasteiger charge is 2.02. The van der Waals surface area contributed by atoms with Gasteiger partial charge in [0.05, 0.1) is 0 Å². The van der Waals surface area contributed by atoms with Crippen molar-refractivity contribution in [2.45, 2.75) is 13.8 Å². The van der Waals surface area contributed by atoms with Crippen molar-refractivity contribution in [2.75, 3.05) is 0 Å². The van der Waals surface area contributed by atoms with Gasteiger partial charge >= 0.3 is 0 Å². The van der Waals surface area contributed by atoms with Crippen molar-refractivity contribution in [3.8, 4) is 11.1 Å². The molecule has 2 aromatic carbocycles. The van der Waals surface area contributed by atoms with E-state index in [0.717, 1.165) is 0 Å². The van der Waals surface area contributed by atoms with E-state index in [-0.39, 0.29) is 0 Å². The summed E-state index contributed by atoms with van der Waals surface area (Å²) in [6, 6.07) is 15.1. The van der Waals surface area contributed by atoms with Crippen molar-refractivity contribution >= 4 is 22.6 Å². The molecular formula is C14H13I. The van der Waals surface area contributed by atoms with E-state index in [2.05, 4.69) is 78.9 Å². The highest BCUT2D eigenvalue weighted by atomic mass is 127. The zero-order valence-corrected chi connectivity index (χ0v) is 11.1. The van der Waals surface area contributed by atoms with Gasteiger partial charge in [-0.05, 0) is 64.8 Å². The summed E-state index contributed by atoms with van der Waals surface area (Å²) < 4.78 is 1.30. The minimum Gasteiger partial charge on any atom is -0.0616 e. The lowest BCUT2D eigenvalue weighted by atomic mass is 10.0. The summed E-state index contributed by atoms with van der Waals surface area (Å²) in [5.74, 6) is 0. The zero-order valence-electron chi connectivity index (χ0n) is 8.92. The van der Waals surface area contributed by atoms with Crippen LogP contribution in [0.15, 0.2) is 42.5 Å². The van der Waals surface area contributed by atoms with E-state index in [1.807, 2.05) is 0 Å². The Morgan fingerprint density at radius 3 is 2.27 bits per heavy atom. The van der Waals surface area contributed by atoms with E-state index in [9.17, 15) is 0 Å². The number of halogens is 1. The van der Waals surface area contributed by atoms with Crippen LogP contribution in [0.4, 0.5) is 0 Å². The number of hydrogen-bond donors (Lipinski definition) is 0. The van der Waals surface area contributed by atoms with E-state index in [1.54, 1.807) is 0 Å². The molecule has 0 bridgehead atoms. The molecule has 0 heterocycles. The fraction of sp³-hybridized carbons (Fsp3) is 0.143. The molecule has 15 heavy (non-hydrogen) atoms. The third-order valence-corrected chi connectivity index (χ3v) is 3.63. The molecule has 0 unspecified atom stereocenters. The van der Waals surface area contributed by atoms with Crippen molar-refractivity contribution in [3.63, 3.8) is 0 Å². The van der Waals surface area contributed by atoms with Gasteiger partial charge in [0.1, 0.15) is 0 Å². The lowest BCUT2D eigenvalue weighted by Crippen LogP contribution is -1.85. The summed E-state index contributed by atoms with van der Waals surface area (Å²) in [5.41, 5.74) is 5.33. The average molecular weight is 308 g/mol. The van der Waals surface area contributed by atoms with Gasteiger partial charge in [-0.2, -0.15) is 0 Å². The molecule has 0 saturated heterocycles. The highest BCUT2D eigenvalue weighted by Crippen LogP contribution is 2.26. The quantitative estimate of drug-likeness (QED) is 0.677. The van der Waals surface area contributed by atoms with Crippen LogP contribution in [0.5, 0.6) is 0 Å². The molecule has 0 radical (unpaired) electrons. The van der Waals surface area contributed by atoms with Gasteiger partial charge < -0.3 is 0 Å². The van der Waals surface area contributed by atoms with E-state index in [0.29, 0.717) is 0 Å². The molecule has 2 rings (SSSR count). The van der Waals surface area contributed by atoms with Gasteiger partial charge in [-0.15, -0.1) is 0 Å². The van der Waals surface area contributed by atoms with Crippen molar-refractivity contribution in [2.24, 2.45) is 0 Å². The summed E-state index contributed by atoms with van der Waals surface area (Å²) in [7, 11) is 0. The van der Waals surface area contributed by atoms with Gasteiger partial charge in [-0.1, -0.05) is 36.4 Å². The van der Waals surface area contributed by atoms with Gasteiger partial charge in [-0.25, -0.2) is 0 Å². The molecule has 0 saturated carbocycles. The topological polar surface area (TPSA) is 0 Å². The molecule has 0 aromatic heterocycles. The van der Waals surface area contributed by atoms with Crippen LogP contribution in [0.2, 0.25) is 0 Å². The summed E-state index contributed by atoms with van der Waals surface area (Å²) >= 11 is 2.38. The second kappa shape index (κ2) is 4.35. The summed E-state index contributed by atoms with van der Waals surface area (Å²) in [6.45, 7) is 4.31. The van der Waals surface area contributed by atoms with Crippen LogP contribution < -0.4 is 0 Å². The van der Waals surface area contributed by atoms with Crippen LogP contribution in [-0.4, -0.2) is 0 Å². The van der Waals surface area contributed by atoms with Crippen molar-refractivity contribution in [1.29, 1.82) is 0 Å². The summed E-state index contributed by atoms with van der Waals surface area (Å²) in [6.07, 6.45) is 0. The molecule has 0 spiro atoms. The van der Waals surface area contributed by atoms with E-state index < -0.39 is 0 Å². The average Bonchev–Trinajstić information content (AvgIpc) is 2.23. The van der Waals surface area contributed by atoms with Crippen molar-refractivity contribution < 1.29 is 0 Å². The first kappa shape index (κ1) is 10.7. The van der Waals surface area contributed by atoms with Crippen LogP contribution in [0, 0.1) is 17.4 Å². The lowest BCUT2D eigenvalue weighted by Gasteiger charge is -2.07. The molecule has 0 N–H and O–H groups in total. The fourth-order valence-electron chi connectivity index (χ4n) is 1.60. The van der Waals surface area contributed by atoms with Gasteiger partial charge in [0.2, 0.25) is 0 Å². The molecule has 0 aliphatic carbocycles. The molecule has 0 nitrogen and oxygen atoms in total. The summed E-state index contributed by atoms with van der Waals surface area (Å²) in [4.78, 5) is 0. The van der Waals surface area contributed by atoms with Crippen LogP contribution in [0.3, 0.4) is 0 Å². The Kier molecular flexibility index (Phi) is 3.10. The first-order chi connectivity index (χ1) is 7.18. The molecule has 2 aromatic rings. The Morgan fingerprint density at radius 2 is 1.60 bits per heavy atom. The Labute approximate surface area is 104 Å². The maximum atomic E-state index is 2.38. The number of rotatable bonds is 1. The van der Waals surface area contributed by atoms with E-state index in [4.69, 9.17) is 0 Å². The Balaban J connectivity index is 2.55. The number of aryl methyl sites for hydroxylation is 2. The van der Waals surface area contributed by atoms with Crippen molar-refractivity contribution in [3.05, 3.63) is 57.2 Å². The summed E-state index contributed by atoms with van der Waals surface area (Å²) in [5, 5.41) is 0. The van der Waals surface area contributed by atoms with E-state index in [1.165, 1.54) is 25.8 Å². The molecule has 0 fully saturated rings. The van der Waals surface area contributed by atoms with E-state index >= 15 is 0 Å².